The number of hydrogen-bond acceptors (Lipinski definition) is 9. The van der Waals surface area contributed by atoms with E-state index in [1.165, 1.54) is 38.5 Å². The van der Waals surface area contributed by atoms with Crippen LogP contribution >= 0.6 is 7.82 Å². The van der Waals surface area contributed by atoms with Crippen LogP contribution in [-0.2, 0) is 37.5 Å². The van der Waals surface area contributed by atoms with Gasteiger partial charge in [-0.1, -0.05) is 115 Å². The molecule has 0 saturated heterocycles. The molecule has 0 amide bonds. The van der Waals surface area contributed by atoms with Crippen molar-refractivity contribution in [3.63, 3.8) is 0 Å². The van der Waals surface area contributed by atoms with Crippen molar-refractivity contribution in [2.45, 2.75) is 154 Å². The van der Waals surface area contributed by atoms with E-state index in [-0.39, 0.29) is 19.4 Å². The first-order chi connectivity index (χ1) is 22.1. The fourth-order valence-electron chi connectivity index (χ4n) is 4.41. The highest BCUT2D eigenvalue weighted by Gasteiger charge is 2.28. The lowest BCUT2D eigenvalue weighted by Gasteiger charge is -2.20. The van der Waals surface area contributed by atoms with E-state index in [2.05, 4.69) is 42.7 Å². The SMILES string of the molecule is CCCCCC/C=C/C=C/CCCCCCCC(=O)OC[C@@H](COP(=O)(O)OC[C@@H](N)C(=O)O)OC(=O)CCCCCCCCC. The Balaban J connectivity index is 4.44. The summed E-state index contributed by atoms with van der Waals surface area (Å²) in [4.78, 5) is 45.4. The van der Waals surface area contributed by atoms with Gasteiger partial charge in [0.25, 0.3) is 0 Å². The Morgan fingerprint density at radius 1 is 0.674 bits per heavy atom. The average Bonchev–Trinajstić information content (AvgIpc) is 3.02. The number of carbonyl (C=O) groups is 3. The highest BCUT2D eigenvalue weighted by atomic mass is 31.2. The minimum absolute atomic E-state index is 0.157. The molecule has 0 aliphatic heterocycles. The van der Waals surface area contributed by atoms with Crippen LogP contribution in [0.4, 0.5) is 0 Å². The molecule has 0 saturated carbocycles. The van der Waals surface area contributed by atoms with Crippen LogP contribution in [0.15, 0.2) is 24.3 Å². The number of carbonyl (C=O) groups excluding carboxylic acids is 2. The fourth-order valence-corrected chi connectivity index (χ4v) is 5.18. The van der Waals surface area contributed by atoms with Gasteiger partial charge in [-0.3, -0.25) is 23.4 Å². The highest BCUT2D eigenvalue weighted by Crippen LogP contribution is 2.43. The Hall–Kier alpha value is -2.04. The number of phosphoric ester groups is 1. The summed E-state index contributed by atoms with van der Waals surface area (Å²) in [5.74, 6) is -2.41. The zero-order chi connectivity index (χ0) is 34.3. The van der Waals surface area contributed by atoms with Crippen molar-refractivity contribution >= 4 is 25.7 Å². The van der Waals surface area contributed by atoms with Crippen molar-refractivity contribution in [2.24, 2.45) is 5.73 Å². The van der Waals surface area contributed by atoms with Gasteiger partial charge >= 0.3 is 25.7 Å². The number of rotatable bonds is 32. The molecule has 0 aromatic carbocycles. The second-order valence-corrected chi connectivity index (χ2v) is 13.1. The smallest absolute Gasteiger partial charge is 0.472 e. The van der Waals surface area contributed by atoms with Gasteiger partial charge in [0, 0.05) is 12.8 Å². The summed E-state index contributed by atoms with van der Waals surface area (Å²) < 4.78 is 32.3. The van der Waals surface area contributed by atoms with Crippen molar-refractivity contribution < 1.29 is 47.5 Å². The maximum Gasteiger partial charge on any atom is 0.472 e. The van der Waals surface area contributed by atoms with Gasteiger partial charge in [0.2, 0.25) is 0 Å². The lowest BCUT2D eigenvalue weighted by molar-refractivity contribution is -0.161. The van der Waals surface area contributed by atoms with Gasteiger partial charge in [-0.15, -0.1) is 0 Å². The van der Waals surface area contributed by atoms with Gasteiger partial charge in [0.05, 0.1) is 13.2 Å². The van der Waals surface area contributed by atoms with Crippen molar-refractivity contribution in [1.82, 2.24) is 0 Å². The molecule has 0 aliphatic rings. The summed E-state index contributed by atoms with van der Waals surface area (Å²) in [6.45, 7) is 2.67. The average molecular weight is 676 g/mol. The first-order valence-electron chi connectivity index (χ1n) is 17.4. The van der Waals surface area contributed by atoms with Crippen molar-refractivity contribution in [3.8, 4) is 0 Å². The normalized spacial score (nSPS) is 14.3. The molecule has 0 aromatic rings. The van der Waals surface area contributed by atoms with E-state index in [1.807, 2.05) is 0 Å². The van der Waals surface area contributed by atoms with Crippen LogP contribution in [0.5, 0.6) is 0 Å². The highest BCUT2D eigenvalue weighted by molar-refractivity contribution is 7.47. The Morgan fingerprint density at radius 3 is 1.67 bits per heavy atom. The number of nitrogens with two attached hydrogens (primary N) is 1. The van der Waals surface area contributed by atoms with Gasteiger partial charge in [0.1, 0.15) is 12.6 Å². The summed E-state index contributed by atoms with van der Waals surface area (Å²) in [5, 5.41) is 8.82. The number of unbranched alkanes of at least 4 members (excludes halogenated alkanes) is 15. The molecule has 0 fully saturated rings. The van der Waals surface area contributed by atoms with Crippen molar-refractivity contribution in [2.75, 3.05) is 19.8 Å². The van der Waals surface area contributed by atoms with E-state index >= 15 is 0 Å². The Labute approximate surface area is 277 Å². The van der Waals surface area contributed by atoms with Crippen molar-refractivity contribution in [1.29, 1.82) is 0 Å². The number of ether oxygens (including phenoxy) is 2. The van der Waals surface area contributed by atoms with Gasteiger partial charge in [-0.25, -0.2) is 4.57 Å². The minimum Gasteiger partial charge on any atom is -0.480 e. The zero-order valence-electron chi connectivity index (χ0n) is 28.4. The van der Waals surface area contributed by atoms with Gasteiger partial charge in [0.15, 0.2) is 6.10 Å². The molecule has 0 aromatic heterocycles. The van der Waals surface area contributed by atoms with E-state index in [4.69, 9.17) is 24.8 Å². The molecule has 0 radical (unpaired) electrons. The fraction of sp³-hybridized carbons (Fsp3) is 0.794. The van der Waals surface area contributed by atoms with E-state index in [0.717, 1.165) is 64.2 Å². The number of phosphoric acid groups is 1. The van der Waals surface area contributed by atoms with Crippen LogP contribution in [0.3, 0.4) is 0 Å². The van der Waals surface area contributed by atoms with Crippen LogP contribution < -0.4 is 5.73 Å². The van der Waals surface area contributed by atoms with E-state index in [9.17, 15) is 23.8 Å². The number of carboxylic acid groups (broad SMARTS) is 1. The summed E-state index contributed by atoms with van der Waals surface area (Å²) in [5.41, 5.74) is 5.29. The van der Waals surface area contributed by atoms with Crippen molar-refractivity contribution in [3.05, 3.63) is 24.3 Å². The number of esters is 2. The lowest BCUT2D eigenvalue weighted by atomic mass is 10.1. The monoisotopic (exact) mass is 675 g/mol. The Morgan fingerprint density at radius 2 is 1.13 bits per heavy atom. The molecule has 268 valence electrons. The largest absolute Gasteiger partial charge is 0.480 e. The third-order valence-electron chi connectivity index (χ3n) is 7.23. The molecule has 46 heavy (non-hydrogen) atoms. The minimum atomic E-state index is -4.70. The molecule has 0 aliphatic carbocycles. The van der Waals surface area contributed by atoms with Crippen LogP contribution in [0.25, 0.3) is 0 Å². The Kier molecular flexibility index (Phi) is 29.0. The first-order valence-corrected chi connectivity index (χ1v) is 18.9. The molecule has 1 unspecified atom stereocenters. The summed E-state index contributed by atoms with van der Waals surface area (Å²) >= 11 is 0. The second kappa shape index (κ2) is 30.3. The van der Waals surface area contributed by atoms with Crippen LogP contribution in [-0.4, -0.2) is 59.9 Å². The maximum absolute atomic E-state index is 12.4. The lowest BCUT2D eigenvalue weighted by Crippen LogP contribution is -2.34. The van der Waals surface area contributed by atoms with Crippen LogP contribution in [0.2, 0.25) is 0 Å². The van der Waals surface area contributed by atoms with Gasteiger partial charge in [-0.05, 0) is 38.5 Å². The van der Waals surface area contributed by atoms with E-state index in [0.29, 0.717) is 12.8 Å². The molecule has 4 N–H and O–H groups in total. The van der Waals surface area contributed by atoms with Gasteiger partial charge < -0.3 is 25.2 Å². The predicted octanol–water partition coefficient (Wildman–Crippen LogP) is 7.94. The molecule has 0 bridgehead atoms. The Bertz CT molecular complexity index is 895. The predicted molar refractivity (Wildman–Crippen MR) is 180 cm³/mol. The topological polar surface area (TPSA) is 172 Å². The van der Waals surface area contributed by atoms with Gasteiger partial charge in [-0.2, -0.15) is 0 Å². The quantitative estimate of drug-likeness (QED) is 0.0273. The van der Waals surface area contributed by atoms with E-state index < -0.39 is 51.1 Å². The second-order valence-electron chi connectivity index (χ2n) is 11.7. The van der Waals surface area contributed by atoms with Crippen LogP contribution in [0, 0.1) is 0 Å². The molecule has 12 heteroatoms. The molecular weight excluding hydrogens is 613 g/mol. The first kappa shape index (κ1) is 44.0. The molecule has 0 rings (SSSR count). The zero-order valence-corrected chi connectivity index (χ0v) is 29.3. The number of carboxylic acids is 1. The summed E-state index contributed by atoms with van der Waals surface area (Å²) in [6.07, 6.45) is 27.1. The number of aliphatic carboxylic acids is 1. The summed E-state index contributed by atoms with van der Waals surface area (Å²) in [6, 6.07) is -1.52. The van der Waals surface area contributed by atoms with Crippen LogP contribution in [0.1, 0.15) is 142 Å². The molecule has 11 nitrogen and oxygen atoms in total. The molecule has 3 atom stereocenters. The molecule has 0 spiro atoms. The van der Waals surface area contributed by atoms with E-state index in [1.54, 1.807) is 0 Å². The summed E-state index contributed by atoms with van der Waals surface area (Å²) in [7, 11) is -4.70. The third-order valence-corrected chi connectivity index (χ3v) is 8.18. The maximum atomic E-state index is 12.4. The third kappa shape index (κ3) is 29.4. The molecule has 0 heterocycles. The number of allylic oxidation sites excluding steroid dienone is 4. The standard InChI is InChI=1S/C34H62NO10P/c1-3-5-7-9-11-12-13-14-15-16-17-18-20-21-23-25-32(36)42-27-30(28-43-46(40,41)44-29-31(35)34(38)39)45-33(37)26-24-22-19-10-8-6-4-2/h12-15,30-31H,3-11,16-29,35H2,1-2H3,(H,38,39)(H,40,41)/b13-12+,15-14+/t30-,31+/m0/s1. The number of hydrogen-bond donors (Lipinski definition) is 3. The molecular formula is C34H62NO10P.